The average Bonchev–Trinajstić information content (AvgIpc) is 2.73. The Bertz CT molecular complexity index is 547. The predicted molar refractivity (Wildman–Crippen MR) is 74.0 cm³/mol. The molecule has 5 nitrogen and oxygen atoms in total. The fourth-order valence-corrected chi connectivity index (χ4v) is 2.81. The highest BCUT2D eigenvalue weighted by Crippen LogP contribution is 2.25. The summed E-state index contributed by atoms with van der Waals surface area (Å²) >= 11 is 3.36. The first kappa shape index (κ1) is 14.0. The molecule has 0 saturated carbocycles. The van der Waals surface area contributed by atoms with E-state index in [4.69, 9.17) is 10.8 Å². The molecule has 1 aliphatic heterocycles. The van der Waals surface area contributed by atoms with Gasteiger partial charge in [-0.1, -0.05) is 6.07 Å². The molecule has 102 valence electrons. The zero-order valence-corrected chi connectivity index (χ0v) is 12.1. The van der Waals surface area contributed by atoms with Crippen molar-refractivity contribution in [2.24, 2.45) is 5.73 Å². The van der Waals surface area contributed by atoms with Gasteiger partial charge < -0.3 is 15.7 Å². The molecule has 0 aromatic heterocycles. The maximum Gasteiger partial charge on any atom is 0.325 e. The van der Waals surface area contributed by atoms with Crippen LogP contribution in [0.5, 0.6) is 0 Å². The van der Waals surface area contributed by atoms with Gasteiger partial charge in [0.1, 0.15) is 5.54 Å². The van der Waals surface area contributed by atoms with Crippen molar-refractivity contribution >= 4 is 27.8 Å². The lowest BCUT2D eigenvalue weighted by Crippen LogP contribution is -2.50. The molecule has 0 bridgehead atoms. The number of benzene rings is 1. The van der Waals surface area contributed by atoms with E-state index >= 15 is 0 Å². The summed E-state index contributed by atoms with van der Waals surface area (Å²) in [6.45, 7) is 2.34. The van der Waals surface area contributed by atoms with E-state index in [0.29, 0.717) is 16.6 Å². The number of aliphatic carboxylic acids is 1. The third-order valence-electron chi connectivity index (χ3n) is 3.37. The number of likely N-dealkylation sites (tertiary alicyclic amines) is 1. The van der Waals surface area contributed by atoms with E-state index in [9.17, 15) is 9.59 Å². The van der Waals surface area contributed by atoms with Crippen LogP contribution in [0.2, 0.25) is 0 Å². The Morgan fingerprint density at radius 1 is 1.47 bits per heavy atom. The van der Waals surface area contributed by atoms with E-state index in [2.05, 4.69) is 15.9 Å². The second-order valence-electron chi connectivity index (χ2n) is 4.92. The maximum atomic E-state index is 12.3. The van der Waals surface area contributed by atoms with Crippen LogP contribution in [0.3, 0.4) is 0 Å². The number of carboxylic acid groups (broad SMARTS) is 1. The van der Waals surface area contributed by atoms with Gasteiger partial charge in [0, 0.05) is 17.6 Å². The van der Waals surface area contributed by atoms with Gasteiger partial charge in [-0.05, 0) is 47.0 Å². The van der Waals surface area contributed by atoms with Crippen molar-refractivity contribution < 1.29 is 14.7 Å². The number of rotatable bonds is 2. The molecular formula is C13H15BrN2O3. The Morgan fingerprint density at radius 2 is 2.16 bits per heavy atom. The van der Waals surface area contributed by atoms with Gasteiger partial charge in [-0.25, -0.2) is 0 Å². The fourth-order valence-electron chi connectivity index (χ4n) is 2.15. The number of carbonyl (C=O) groups excluding carboxylic acids is 1. The largest absolute Gasteiger partial charge is 0.480 e. The van der Waals surface area contributed by atoms with Gasteiger partial charge in [-0.15, -0.1) is 0 Å². The van der Waals surface area contributed by atoms with Crippen molar-refractivity contribution in [3.8, 4) is 0 Å². The standard InChI is InChI=1S/C13H15BrN2O3/c1-8-2-3-9(10(14)6-8)11(17)16-5-4-13(15,7-16)12(18)19/h2-3,6H,4-5,7,15H2,1H3,(H,18,19). The summed E-state index contributed by atoms with van der Waals surface area (Å²) in [6.07, 6.45) is 0.275. The molecule has 1 unspecified atom stereocenters. The second-order valence-corrected chi connectivity index (χ2v) is 5.78. The second kappa shape index (κ2) is 4.94. The molecule has 3 N–H and O–H groups in total. The first-order valence-electron chi connectivity index (χ1n) is 5.91. The number of carbonyl (C=O) groups is 2. The molecule has 1 atom stereocenters. The molecular weight excluding hydrogens is 312 g/mol. The Morgan fingerprint density at radius 3 is 2.68 bits per heavy atom. The minimum atomic E-state index is -1.33. The van der Waals surface area contributed by atoms with Crippen molar-refractivity contribution in [2.45, 2.75) is 18.9 Å². The smallest absolute Gasteiger partial charge is 0.325 e. The number of hydrogen-bond acceptors (Lipinski definition) is 3. The van der Waals surface area contributed by atoms with E-state index < -0.39 is 11.5 Å². The number of aryl methyl sites for hydroxylation is 1. The zero-order chi connectivity index (χ0) is 14.2. The third kappa shape index (κ3) is 2.64. The molecule has 0 radical (unpaired) electrons. The van der Waals surface area contributed by atoms with Crippen molar-refractivity contribution in [2.75, 3.05) is 13.1 Å². The maximum absolute atomic E-state index is 12.3. The quantitative estimate of drug-likeness (QED) is 0.860. The van der Waals surface area contributed by atoms with Gasteiger partial charge in [0.05, 0.1) is 5.56 Å². The molecule has 0 aliphatic carbocycles. The van der Waals surface area contributed by atoms with Crippen LogP contribution in [0.4, 0.5) is 0 Å². The third-order valence-corrected chi connectivity index (χ3v) is 4.03. The number of carboxylic acids is 1. The Labute approximate surface area is 119 Å². The number of nitrogens with zero attached hydrogens (tertiary/aromatic N) is 1. The lowest BCUT2D eigenvalue weighted by Gasteiger charge is -2.20. The summed E-state index contributed by atoms with van der Waals surface area (Å²) in [6, 6.07) is 5.44. The first-order chi connectivity index (χ1) is 8.83. The predicted octanol–water partition coefficient (Wildman–Crippen LogP) is 1.39. The van der Waals surface area contributed by atoms with Crippen LogP contribution in [0.25, 0.3) is 0 Å². The molecule has 6 heteroatoms. The molecule has 1 fully saturated rings. The zero-order valence-electron chi connectivity index (χ0n) is 10.5. The number of hydrogen-bond donors (Lipinski definition) is 2. The summed E-state index contributed by atoms with van der Waals surface area (Å²) in [5.74, 6) is -1.26. The van der Waals surface area contributed by atoms with E-state index in [1.54, 1.807) is 6.07 Å². The van der Waals surface area contributed by atoms with Crippen LogP contribution in [0.1, 0.15) is 22.3 Å². The molecule has 0 spiro atoms. The van der Waals surface area contributed by atoms with E-state index in [1.807, 2.05) is 19.1 Å². The van der Waals surface area contributed by atoms with E-state index in [-0.39, 0.29) is 18.9 Å². The van der Waals surface area contributed by atoms with Crippen LogP contribution in [-0.2, 0) is 4.79 Å². The van der Waals surface area contributed by atoms with Gasteiger partial charge >= 0.3 is 5.97 Å². The Balaban J connectivity index is 2.20. The molecule has 2 rings (SSSR count). The Kier molecular flexibility index (Phi) is 3.64. The summed E-state index contributed by atoms with van der Waals surface area (Å²) in [5.41, 5.74) is 6.01. The van der Waals surface area contributed by atoms with Gasteiger partial charge in [0.25, 0.3) is 5.91 Å². The van der Waals surface area contributed by atoms with Crippen molar-refractivity contribution in [1.82, 2.24) is 4.90 Å². The molecule has 1 aromatic carbocycles. The highest BCUT2D eigenvalue weighted by Gasteiger charge is 2.43. The van der Waals surface area contributed by atoms with E-state index in [1.165, 1.54) is 4.90 Å². The lowest BCUT2D eigenvalue weighted by molar-refractivity contribution is -0.142. The van der Waals surface area contributed by atoms with Crippen LogP contribution in [0.15, 0.2) is 22.7 Å². The van der Waals surface area contributed by atoms with Crippen LogP contribution >= 0.6 is 15.9 Å². The summed E-state index contributed by atoms with van der Waals surface area (Å²) < 4.78 is 0.711. The highest BCUT2D eigenvalue weighted by molar-refractivity contribution is 9.10. The van der Waals surface area contributed by atoms with Gasteiger partial charge in [-0.3, -0.25) is 9.59 Å². The molecule has 19 heavy (non-hydrogen) atoms. The minimum absolute atomic E-state index is 0.0431. The van der Waals surface area contributed by atoms with Crippen LogP contribution in [0, 0.1) is 6.92 Å². The normalized spacial score (nSPS) is 22.6. The van der Waals surface area contributed by atoms with Gasteiger partial charge in [0.15, 0.2) is 0 Å². The van der Waals surface area contributed by atoms with Crippen molar-refractivity contribution in [1.29, 1.82) is 0 Å². The molecule has 1 aliphatic rings. The first-order valence-corrected chi connectivity index (χ1v) is 6.70. The van der Waals surface area contributed by atoms with Crippen molar-refractivity contribution in [3.63, 3.8) is 0 Å². The van der Waals surface area contributed by atoms with Crippen LogP contribution in [-0.4, -0.2) is 40.5 Å². The molecule has 1 saturated heterocycles. The van der Waals surface area contributed by atoms with Gasteiger partial charge in [0.2, 0.25) is 0 Å². The fraction of sp³-hybridized carbons (Fsp3) is 0.385. The highest BCUT2D eigenvalue weighted by atomic mass is 79.9. The SMILES string of the molecule is Cc1ccc(C(=O)N2CCC(N)(C(=O)O)C2)c(Br)c1. The summed E-state index contributed by atoms with van der Waals surface area (Å²) in [7, 11) is 0. The Hall–Kier alpha value is -1.40. The minimum Gasteiger partial charge on any atom is -0.480 e. The van der Waals surface area contributed by atoms with E-state index in [0.717, 1.165) is 5.56 Å². The monoisotopic (exact) mass is 326 g/mol. The lowest BCUT2D eigenvalue weighted by atomic mass is 10.0. The topological polar surface area (TPSA) is 83.6 Å². The number of amides is 1. The number of nitrogens with two attached hydrogens (primary N) is 1. The van der Waals surface area contributed by atoms with Crippen molar-refractivity contribution in [3.05, 3.63) is 33.8 Å². The van der Waals surface area contributed by atoms with Crippen LogP contribution < -0.4 is 5.73 Å². The summed E-state index contributed by atoms with van der Waals surface area (Å²) in [5, 5.41) is 9.06. The van der Waals surface area contributed by atoms with Gasteiger partial charge in [-0.2, -0.15) is 0 Å². The average molecular weight is 327 g/mol. The molecule has 1 heterocycles. The number of halogens is 1. The molecule has 1 aromatic rings. The summed E-state index contributed by atoms with van der Waals surface area (Å²) in [4.78, 5) is 24.9. The molecule has 1 amide bonds.